The van der Waals surface area contributed by atoms with E-state index < -0.39 is 0 Å². The molecule has 0 amide bonds. The second kappa shape index (κ2) is 3.52. The van der Waals surface area contributed by atoms with Crippen molar-refractivity contribution < 1.29 is 9.53 Å². The van der Waals surface area contributed by atoms with Gasteiger partial charge in [0.25, 0.3) is 0 Å². The number of thioether (sulfide) groups is 1. The van der Waals surface area contributed by atoms with E-state index in [2.05, 4.69) is 0 Å². The van der Waals surface area contributed by atoms with Crippen molar-refractivity contribution in [3.63, 3.8) is 0 Å². The Morgan fingerprint density at radius 2 is 2.00 bits per heavy atom. The Morgan fingerprint density at radius 1 is 1.38 bits per heavy atom. The Kier molecular flexibility index (Phi) is 2.54. The SMILES string of the molecule is COC(=O)C1(SC2CCCC2)CC1. The number of ether oxygens (including phenoxy) is 1. The van der Waals surface area contributed by atoms with Crippen LogP contribution < -0.4 is 0 Å². The summed E-state index contributed by atoms with van der Waals surface area (Å²) in [5.74, 6) is 0.00407. The zero-order valence-electron chi connectivity index (χ0n) is 8.04. The largest absolute Gasteiger partial charge is 0.468 e. The molecule has 74 valence electrons. The minimum Gasteiger partial charge on any atom is -0.468 e. The lowest BCUT2D eigenvalue weighted by Crippen LogP contribution is -2.22. The van der Waals surface area contributed by atoms with E-state index in [1.165, 1.54) is 32.8 Å². The van der Waals surface area contributed by atoms with E-state index in [0.29, 0.717) is 0 Å². The van der Waals surface area contributed by atoms with Crippen LogP contribution in [0.15, 0.2) is 0 Å². The molecule has 0 atom stereocenters. The molecule has 2 rings (SSSR count). The first-order chi connectivity index (χ1) is 6.27. The van der Waals surface area contributed by atoms with Gasteiger partial charge in [0.2, 0.25) is 0 Å². The molecule has 2 aliphatic carbocycles. The van der Waals surface area contributed by atoms with Gasteiger partial charge in [-0.15, -0.1) is 11.8 Å². The van der Waals surface area contributed by atoms with Crippen molar-refractivity contribution in [3.8, 4) is 0 Å². The summed E-state index contributed by atoms with van der Waals surface area (Å²) < 4.78 is 4.71. The lowest BCUT2D eigenvalue weighted by molar-refractivity contribution is -0.140. The van der Waals surface area contributed by atoms with E-state index in [9.17, 15) is 4.79 Å². The van der Waals surface area contributed by atoms with Crippen LogP contribution in [-0.2, 0) is 9.53 Å². The molecule has 0 unspecified atom stereocenters. The van der Waals surface area contributed by atoms with Gasteiger partial charge in [0, 0.05) is 5.25 Å². The summed E-state index contributed by atoms with van der Waals surface area (Å²) in [6.07, 6.45) is 7.33. The highest BCUT2D eigenvalue weighted by Gasteiger charge is 2.53. The fraction of sp³-hybridized carbons (Fsp3) is 0.900. The summed E-state index contributed by atoms with van der Waals surface area (Å²) in [6.45, 7) is 0. The summed E-state index contributed by atoms with van der Waals surface area (Å²) in [7, 11) is 1.50. The van der Waals surface area contributed by atoms with Gasteiger partial charge in [0.1, 0.15) is 4.75 Å². The third-order valence-corrected chi connectivity index (χ3v) is 4.79. The molecule has 0 heterocycles. The lowest BCUT2D eigenvalue weighted by Gasteiger charge is -2.16. The maximum absolute atomic E-state index is 11.4. The van der Waals surface area contributed by atoms with Crippen LogP contribution in [0.1, 0.15) is 38.5 Å². The van der Waals surface area contributed by atoms with Crippen LogP contribution in [0.2, 0.25) is 0 Å². The van der Waals surface area contributed by atoms with Crippen LogP contribution in [0.3, 0.4) is 0 Å². The van der Waals surface area contributed by atoms with E-state index >= 15 is 0 Å². The molecule has 0 spiro atoms. The smallest absolute Gasteiger partial charge is 0.321 e. The summed E-state index contributed by atoms with van der Waals surface area (Å²) >= 11 is 1.88. The van der Waals surface area contributed by atoms with Gasteiger partial charge in [0.05, 0.1) is 7.11 Å². The summed E-state index contributed by atoms with van der Waals surface area (Å²) in [5.41, 5.74) is 0. The van der Waals surface area contributed by atoms with Gasteiger partial charge in [0.15, 0.2) is 0 Å². The zero-order chi connectivity index (χ0) is 9.31. The Balaban J connectivity index is 1.89. The van der Waals surface area contributed by atoms with Crippen LogP contribution in [-0.4, -0.2) is 23.1 Å². The topological polar surface area (TPSA) is 26.3 Å². The highest BCUT2D eigenvalue weighted by atomic mass is 32.2. The fourth-order valence-electron chi connectivity index (χ4n) is 1.99. The molecule has 0 aliphatic heterocycles. The quantitative estimate of drug-likeness (QED) is 0.654. The molecule has 0 aromatic rings. The average molecular weight is 200 g/mol. The molecule has 2 saturated carbocycles. The molecule has 2 fully saturated rings. The Labute approximate surface area is 83.4 Å². The second-order valence-electron chi connectivity index (χ2n) is 4.01. The third kappa shape index (κ3) is 1.85. The predicted molar refractivity (Wildman–Crippen MR) is 53.8 cm³/mol. The monoisotopic (exact) mass is 200 g/mol. The molecule has 2 nitrogen and oxygen atoms in total. The third-order valence-electron chi connectivity index (χ3n) is 2.96. The van der Waals surface area contributed by atoms with Gasteiger partial charge in [-0.05, 0) is 25.7 Å². The lowest BCUT2D eigenvalue weighted by atomic mass is 10.4. The zero-order valence-corrected chi connectivity index (χ0v) is 8.86. The van der Waals surface area contributed by atoms with E-state index in [0.717, 1.165) is 18.1 Å². The first-order valence-corrected chi connectivity index (χ1v) is 5.91. The average Bonchev–Trinajstić information content (AvgIpc) is 2.73. The van der Waals surface area contributed by atoms with E-state index in [4.69, 9.17) is 4.74 Å². The van der Waals surface area contributed by atoms with E-state index in [-0.39, 0.29) is 10.7 Å². The van der Waals surface area contributed by atoms with Crippen LogP contribution >= 0.6 is 11.8 Å². The number of hydrogen-bond acceptors (Lipinski definition) is 3. The van der Waals surface area contributed by atoms with Crippen molar-refractivity contribution in [3.05, 3.63) is 0 Å². The molecule has 3 heteroatoms. The molecule has 0 aromatic heterocycles. The van der Waals surface area contributed by atoms with E-state index in [1.54, 1.807) is 0 Å². The van der Waals surface area contributed by atoms with Crippen molar-refractivity contribution in [2.45, 2.75) is 48.5 Å². The number of hydrogen-bond donors (Lipinski definition) is 0. The molecule has 13 heavy (non-hydrogen) atoms. The van der Waals surface area contributed by atoms with Crippen LogP contribution in [0.25, 0.3) is 0 Å². The first kappa shape index (κ1) is 9.38. The standard InChI is InChI=1S/C10H16O2S/c1-12-9(11)10(6-7-10)13-8-4-2-3-5-8/h8H,2-7H2,1H3. The molecule has 0 saturated heterocycles. The predicted octanol–water partition coefficient (Wildman–Crippen LogP) is 2.37. The van der Waals surface area contributed by atoms with Crippen LogP contribution in [0.5, 0.6) is 0 Å². The number of carbonyl (C=O) groups is 1. The van der Waals surface area contributed by atoms with Crippen molar-refractivity contribution in [1.29, 1.82) is 0 Å². The maximum atomic E-state index is 11.4. The minimum absolute atomic E-state index is 0.00407. The van der Waals surface area contributed by atoms with Gasteiger partial charge >= 0.3 is 5.97 Å². The van der Waals surface area contributed by atoms with Crippen molar-refractivity contribution in [1.82, 2.24) is 0 Å². The van der Waals surface area contributed by atoms with Gasteiger partial charge in [-0.3, -0.25) is 4.79 Å². The molecule has 2 aliphatic rings. The molecule has 0 N–H and O–H groups in total. The summed E-state index contributed by atoms with van der Waals surface area (Å²) in [6, 6.07) is 0. The number of rotatable bonds is 3. The van der Waals surface area contributed by atoms with Gasteiger partial charge in [-0.25, -0.2) is 0 Å². The maximum Gasteiger partial charge on any atom is 0.321 e. The highest BCUT2D eigenvalue weighted by molar-refractivity contribution is 8.02. The van der Waals surface area contributed by atoms with Crippen LogP contribution in [0.4, 0.5) is 0 Å². The Bertz CT molecular complexity index is 205. The van der Waals surface area contributed by atoms with Gasteiger partial charge < -0.3 is 4.74 Å². The normalized spacial score (nSPS) is 25.9. The molecular weight excluding hydrogens is 184 g/mol. The van der Waals surface area contributed by atoms with E-state index in [1.807, 2.05) is 11.8 Å². The van der Waals surface area contributed by atoms with Gasteiger partial charge in [-0.1, -0.05) is 12.8 Å². The molecule has 0 bridgehead atoms. The first-order valence-electron chi connectivity index (χ1n) is 5.03. The van der Waals surface area contributed by atoms with Crippen LogP contribution in [0, 0.1) is 0 Å². The summed E-state index contributed by atoms with van der Waals surface area (Å²) in [5, 5.41) is 0.724. The van der Waals surface area contributed by atoms with Crippen molar-refractivity contribution >= 4 is 17.7 Å². The molecule has 0 aromatic carbocycles. The number of esters is 1. The summed E-state index contributed by atoms with van der Waals surface area (Å²) in [4.78, 5) is 11.4. The molecular formula is C10H16O2S. The Hall–Kier alpha value is -0.180. The number of carbonyl (C=O) groups excluding carboxylic acids is 1. The fourth-order valence-corrected chi connectivity index (χ4v) is 3.72. The second-order valence-corrected chi connectivity index (χ2v) is 5.69. The number of methoxy groups -OCH3 is 1. The highest BCUT2D eigenvalue weighted by Crippen LogP contribution is 2.53. The van der Waals surface area contributed by atoms with Gasteiger partial charge in [-0.2, -0.15) is 0 Å². The van der Waals surface area contributed by atoms with Crippen molar-refractivity contribution in [2.24, 2.45) is 0 Å². The Morgan fingerprint density at radius 3 is 2.46 bits per heavy atom. The minimum atomic E-state index is -0.121. The molecule has 0 radical (unpaired) electrons. The van der Waals surface area contributed by atoms with Crippen molar-refractivity contribution in [2.75, 3.05) is 7.11 Å².